The van der Waals surface area contributed by atoms with E-state index in [0.29, 0.717) is 5.02 Å². The maximum atomic E-state index is 12.9. The number of fused-ring (bicyclic) bond motifs is 1. The van der Waals surface area contributed by atoms with Gasteiger partial charge in [0.25, 0.3) is 5.56 Å². The van der Waals surface area contributed by atoms with Crippen molar-refractivity contribution in [2.45, 2.75) is 6.04 Å². The SMILES string of the molecule is Cn1cncc1C(c1ccc2c(c1)c(-c1cccc(Cl)c1)cc(=O)n2C)n1ccnc1-c1ccccc1. The molecule has 7 heteroatoms. The number of aryl methyl sites for hydroxylation is 2. The highest BCUT2D eigenvalue weighted by Gasteiger charge is 2.24. The van der Waals surface area contributed by atoms with Crippen LogP contribution in [0.3, 0.4) is 0 Å². The van der Waals surface area contributed by atoms with Crippen LogP contribution >= 0.6 is 11.6 Å². The number of benzene rings is 3. The van der Waals surface area contributed by atoms with Crippen LogP contribution in [0.15, 0.2) is 109 Å². The van der Waals surface area contributed by atoms with Gasteiger partial charge in [-0.2, -0.15) is 0 Å². The first-order chi connectivity index (χ1) is 18.0. The molecule has 37 heavy (non-hydrogen) atoms. The predicted octanol–water partition coefficient (Wildman–Crippen LogP) is 6.09. The molecule has 1 atom stereocenters. The second-order valence-electron chi connectivity index (χ2n) is 9.10. The van der Waals surface area contributed by atoms with E-state index in [4.69, 9.17) is 16.6 Å². The van der Waals surface area contributed by atoms with Crippen molar-refractivity contribution >= 4 is 22.5 Å². The van der Waals surface area contributed by atoms with Gasteiger partial charge in [0.15, 0.2) is 0 Å². The number of hydrogen-bond acceptors (Lipinski definition) is 3. The van der Waals surface area contributed by atoms with Crippen molar-refractivity contribution in [1.82, 2.24) is 23.7 Å². The first-order valence-corrected chi connectivity index (χ1v) is 12.3. The quantitative estimate of drug-likeness (QED) is 0.285. The Bertz CT molecular complexity index is 1800. The molecule has 182 valence electrons. The van der Waals surface area contributed by atoms with Crippen molar-refractivity contribution in [2.24, 2.45) is 14.1 Å². The second kappa shape index (κ2) is 9.22. The van der Waals surface area contributed by atoms with Crippen LogP contribution in [-0.2, 0) is 14.1 Å². The molecule has 0 amide bonds. The van der Waals surface area contributed by atoms with E-state index < -0.39 is 0 Å². The van der Waals surface area contributed by atoms with Crippen LogP contribution in [0.5, 0.6) is 0 Å². The van der Waals surface area contributed by atoms with E-state index in [1.54, 1.807) is 17.7 Å². The Labute approximate surface area is 219 Å². The highest BCUT2D eigenvalue weighted by Crippen LogP contribution is 2.35. The molecule has 0 aliphatic heterocycles. The van der Waals surface area contributed by atoms with Gasteiger partial charge in [-0.25, -0.2) is 9.97 Å². The number of halogens is 1. The standard InChI is InChI=1S/C30H24ClN5O/c1-34-19-32-18-27(34)29(36-14-13-33-30(36)20-7-4-3-5-8-20)22-11-12-26-25(16-22)24(17-28(37)35(26)2)21-9-6-10-23(31)15-21/h3-19,29H,1-2H3. The summed E-state index contributed by atoms with van der Waals surface area (Å²) in [5, 5.41) is 1.59. The molecule has 1 unspecified atom stereocenters. The minimum Gasteiger partial charge on any atom is -0.336 e. The van der Waals surface area contributed by atoms with E-state index in [-0.39, 0.29) is 11.6 Å². The van der Waals surface area contributed by atoms with Gasteiger partial charge in [0.05, 0.1) is 23.7 Å². The molecule has 0 radical (unpaired) electrons. The molecule has 3 heterocycles. The molecular formula is C30H24ClN5O. The number of aromatic nitrogens is 5. The Morgan fingerprint density at radius 1 is 0.892 bits per heavy atom. The summed E-state index contributed by atoms with van der Waals surface area (Å²) >= 11 is 6.32. The summed E-state index contributed by atoms with van der Waals surface area (Å²) < 4.78 is 5.88. The largest absolute Gasteiger partial charge is 0.336 e. The molecule has 0 fully saturated rings. The van der Waals surface area contributed by atoms with Gasteiger partial charge in [-0.05, 0) is 41.0 Å². The summed E-state index contributed by atoms with van der Waals surface area (Å²) in [6.07, 6.45) is 7.53. The zero-order chi connectivity index (χ0) is 25.5. The summed E-state index contributed by atoms with van der Waals surface area (Å²) in [5.74, 6) is 0.863. The molecule has 0 saturated heterocycles. The number of imidazole rings is 2. The van der Waals surface area contributed by atoms with Crippen LogP contribution in [-0.4, -0.2) is 23.7 Å². The van der Waals surface area contributed by atoms with Crippen LogP contribution < -0.4 is 5.56 Å². The summed E-state index contributed by atoms with van der Waals surface area (Å²) in [5.41, 5.74) is 5.62. The Balaban J connectivity index is 1.62. The Morgan fingerprint density at radius 3 is 2.46 bits per heavy atom. The zero-order valence-electron chi connectivity index (χ0n) is 20.4. The Kier molecular flexibility index (Phi) is 5.74. The number of rotatable bonds is 5. The molecule has 0 aliphatic carbocycles. The van der Waals surface area contributed by atoms with Gasteiger partial charge in [0, 0.05) is 48.5 Å². The fourth-order valence-electron chi connectivity index (χ4n) is 4.98. The van der Waals surface area contributed by atoms with Gasteiger partial charge in [0.2, 0.25) is 0 Å². The van der Waals surface area contributed by atoms with Crippen LogP contribution in [0.2, 0.25) is 5.02 Å². The van der Waals surface area contributed by atoms with E-state index in [0.717, 1.165) is 44.7 Å². The van der Waals surface area contributed by atoms with Gasteiger partial charge >= 0.3 is 0 Å². The van der Waals surface area contributed by atoms with Crippen LogP contribution in [0.1, 0.15) is 17.3 Å². The smallest absolute Gasteiger partial charge is 0.251 e. The summed E-state index contributed by atoms with van der Waals surface area (Å²) in [6, 6.07) is 25.5. The molecule has 0 N–H and O–H groups in total. The summed E-state index contributed by atoms with van der Waals surface area (Å²) in [4.78, 5) is 22.0. The van der Waals surface area contributed by atoms with Gasteiger partial charge < -0.3 is 13.7 Å². The lowest BCUT2D eigenvalue weighted by molar-refractivity contribution is 0.633. The minimum absolute atomic E-state index is 0.0700. The van der Waals surface area contributed by atoms with Crippen molar-refractivity contribution < 1.29 is 0 Å². The first-order valence-electron chi connectivity index (χ1n) is 12.0. The average Bonchev–Trinajstić information content (AvgIpc) is 3.57. The van der Waals surface area contributed by atoms with Gasteiger partial charge in [-0.15, -0.1) is 0 Å². The Morgan fingerprint density at radius 2 is 1.70 bits per heavy atom. The zero-order valence-corrected chi connectivity index (χ0v) is 21.2. The minimum atomic E-state index is -0.195. The second-order valence-corrected chi connectivity index (χ2v) is 9.53. The van der Waals surface area contributed by atoms with Gasteiger partial charge in [-0.1, -0.05) is 60.1 Å². The molecular weight excluding hydrogens is 482 g/mol. The third-order valence-corrected chi connectivity index (χ3v) is 7.07. The van der Waals surface area contributed by atoms with Crippen LogP contribution in [0.25, 0.3) is 33.4 Å². The van der Waals surface area contributed by atoms with Gasteiger partial charge in [0.1, 0.15) is 11.9 Å². The highest BCUT2D eigenvalue weighted by atomic mass is 35.5. The molecule has 0 bridgehead atoms. The number of pyridine rings is 1. The highest BCUT2D eigenvalue weighted by molar-refractivity contribution is 6.30. The number of hydrogen-bond donors (Lipinski definition) is 0. The van der Waals surface area contributed by atoms with Crippen molar-refractivity contribution in [1.29, 1.82) is 0 Å². The van der Waals surface area contributed by atoms with Crippen LogP contribution in [0, 0.1) is 0 Å². The third kappa shape index (κ3) is 4.05. The van der Waals surface area contributed by atoms with Crippen molar-refractivity contribution in [2.75, 3.05) is 0 Å². The number of nitrogens with zero attached hydrogens (tertiary/aromatic N) is 5. The van der Waals surface area contributed by atoms with Gasteiger partial charge in [-0.3, -0.25) is 4.79 Å². The molecule has 6 rings (SSSR count). The topological polar surface area (TPSA) is 57.6 Å². The lowest BCUT2D eigenvalue weighted by Crippen LogP contribution is -2.18. The molecule has 3 aromatic heterocycles. The van der Waals surface area contributed by atoms with E-state index in [1.807, 2.05) is 85.1 Å². The molecule has 6 aromatic rings. The van der Waals surface area contributed by atoms with Crippen molar-refractivity contribution in [3.05, 3.63) is 130 Å². The monoisotopic (exact) mass is 505 g/mol. The fourth-order valence-corrected chi connectivity index (χ4v) is 5.17. The van der Waals surface area contributed by atoms with E-state index in [1.165, 1.54) is 0 Å². The third-order valence-electron chi connectivity index (χ3n) is 6.83. The molecule has 3 aromatic carbocycles. The summed E-state index contributed by atoms with van der Waals surface area (Å²) in [6.45, 7) is 0. The lowest BCUT2D eigenvalue weighted by Gasteiger charge is -2.23. The molecule has 0 saturated carbocycles. The van der Waals surface area contributed by atoms with Crippen molar-refractivity contribution in [3.8, 4) is 22.5 Å². The first kappa shape index (κ1) is 23.0. The van der Waals surface area contributed by atoms with E-state index in [9.17, 15) is 4.79 Å². The molecule has 6 nitrogen and oxygen atoms in total. The van der Waals surface area contributed by atoms with E-state index in [2.05, 4.69) is 33.8 Å². The van der Waals surface area contributed by atoms with Crippen molar-refractivity contribution in [3.63, 3.8) is 0 Å². The molecule has 0 aliphatic rings. The van der Waals surface area contributed by atoms with Crippen LogP contribution in [0.4, 0.5) is 0 Å². The maximum Gasteiger partial charge on any atom is 0.251 e. The maximum absolute atomic E-state index is 12.9. The average molecular weight is 506 g/mol. The lowest BCUT2D eigenvalue weighted by atomic mass is 9.96. The molecule has 0 spiro atoms. The van der Waals surface area contributed by atoms with E-state index >= 15 is 0 Å². The fraction of sp³-hybridized carbons (Fsp3) is 0.100. The Hall–Kier alpha value is -4.42. The summed E-state index contributed by atoms with van der Waals surface area (Å²) in [7, 11) is 3.80. The predicted molar refractivity (Wildman–Crippen MR) is 148 cm³/mol. The normalized spacial score (nSPS) is 12.2.